The highest BCUT2D eigenvalue weighted by Crippen LogP contribution is 2.33. The van der Waals surface area contributed by atoms with Crippen molar-refractivity contribution in [1.29, 1.82) is 0 Å². The molecule has 0 atom stereocenters. The van der Waals surface area contributed by atoms with Crippen molar-refractivity contribution in [2.24, 2.45) is 0 Å². The number of hydrogen-bond donors (Lipinski definition) is 0. The number of aryl methyl sites for hydroxylation is 1. The molecule has 3 rings (SSSR count). The van der Waals surface area contributed by atoms with Gasteiger partial charge in [0.05, 0.1) is 17.2 Å². The molecule has 29 heavy (non-hydrogen) atoms. The largest absolute Gasteiger partial charge is 0.491 e. The molecule has 0 spiro atoms. The normalized spacial score (nSPS) is 13.7. The van der Waals surface area contributed by atoms with E-state index in [0.29, 0.717) is 43.2 Å². The maximum atomic E-state index is 13.2. The minimum atomic E-state index is -3.71. The predicted octanol–water partition coefficient (Wildman–Crippen LogP) is 2.56. The molecular formula is C21H26N2O5S. The highest BCUT2D eigenvalue weighted by atomic mass is 32.2. The Kier molecular flexibility index (Phi) is 6.44. The van der Waals surface area contributed by atoms with E-state index in [0.717, 1.165) is 12.0 Å². The number of hydrogen-bond acceptors (Lipinski definition) is 5. The lowest BCUT2D eigenvalue weighted by Crippen LogP contribution is -2.35. The molecule has 0 unspecified atom stereocenters. The van der Waals surface area contributed by atoms with Crippen LogP contribution in [0.4, 0.5) is 5.69 Å². The number of amides is 1. The average molecular weight is 419 g/mol. The second-order valence-electron chi connectivity index (χ2n) is 7.04. The molecule has 0 fully saturated rings. The zero-order valence-electron chi connectivity index (χ0n) is 16.9. The molecule has 8 heteroatoms. The SMILES string of the molecule is COCCOc1ccc(S(=O)(=O)N2CCCc3cc(C(=O)N(C)C)ccc32)cc1. The number of anilines is 1. The monoisotopic (exact) mass is 418 g/mol. The number of carbonyl (C=O) groups is 1. The second-order valence-corrected chi connectivity index (χ2v) is 8.90. The van der Waals surface area contributed by atoms with Gasteiger partial charge < -0.3 is 14.4 Å². The summed E-state index contributed by atoms with van der Waals surface area (Å²) in [6, 6.07) is 11.6. The van der Waals surface area contributed by atoms with Gasteiger partial charge in [0.25, 0.3) is 15.9 Å². The van der Waals surface area contributed by atoms with E-state index in [1.54, 1.807) is 63.7 Å². The van der Waals surface area contributed by atoms with E-state index < -0.39 is 10.0 Å². The van der Waals surface area contributed by atoms with Crippen LogP contribution in [-0.2, 0) is 21.2 Å². The third kappa shape index (κ3) is 4.54. The Bertz CT molecular complexity index is 971. The summed E-state index contributed by atoms with van der Waals surface area (Å²) >= 11 is 0. The fraction of sp³-hybridized carbons (Fsp3) is 0.381. The molecule has 7 nitrogen and oxygen atoms in total. The van der Waals surface area contributed by atoms with E-state index in [2.05, 4.69) is 0 Å². The summed E-state index contributed by atoms with van der Waals surface area (Å²) in [5.41, 5.74) is 2.06. The Balaban J connectivity index is 1.86. The molecule has 0 saturated carbocycles. The highest BCUT2D eigenvalue weighted by molar-refractivity contribution is 7.92. The van der Waals surface area contributed by atoms with Gasteiger partial charge >= 0.3 is 0 Å². The second kappa shape index (κ2) is 8.84. The van der Waals surface area contributed by atoms with E-state index in [1.807, 2.05) is 0 Å². The summed E-state index contributed by atoms with van der Waals surface area (Å²) in [6.45, 7) is 1.27. The number of fused-ring (bicyclic) bond motifs is 1. The number of methoxy groups -OCH3 is 1. The van der Waals surface area contributed by atoms with Crippen molar-refractivity contribution in [1.82, 2.24) is 4.90 Å². The van der Waals surface area contributed by atoms with E-state index in [-0.39, 0.29) is 10.8 Å². The molecule has 1 aliphatic rings. The summed E-state index contributed by atoms with van der Waals surface area (Å²) in [4.78, 5) is 13.9. The van der Waals surface area contributed by atoms with Crippen LogP contribution in [0, 0.1) is 0 Å². The van der Waals surface area contributed by atoms with Crippen molar-refractivity contribution in [3.8, 4) is 5.75 Å². The van der Waals surface area contributed by atoms with Gasteiger partial charge in [0, 0.05) is 33.3 Å². The van der Waals surface area contributed by atoms with Crippen molar-refractivity contribution >= 4 is 21.6 Å². The summed E-state index contributed by atoms with van der Waals surface area (Å²) < 4.78 is 38.3. The number of benzene rings is 2. The maximum Gasteiger partial charge on any atom is 0.264 e. The van der Waals surface area contributed by atoms with E-state index in [1.165, 1.54) is 9.21 Å². The number of sulfonamides is 1. The van der Waals surface area contributed by atoms with Crippen LogP contribution in [0.3, 0.4) is 0 Å². The third-order valence-electron chi connectivity index (χ3n) is 4.78. The molecular weight excluding hydrogens is 392 g/mol. The number of carbonyl (C=O) groups excluding carboxylic acids is 1. The van der Waals surface area contributed by atoms with Gasteiger partial charge in [0.15, 0.2) is 0 Å². The summed E-state index contributed by atoms with van der Waals surface area (Å²) in [5, 5.41) is 0. The van der Waals surface area contributed by atoms with Crippen LogP contribution in [0.5, 0.6) is 5.75 Å². The van der Waals surface area contributed by atoms with Gasteiger partial charge in [-0.1, -0.05) is 0 Å². The van der Waals surface area contributed by atoms with Crippen LogP contribution in [0.15, 0.2) is 47.4 Å². The standard InChI is InChI=1S/C21H26N2O5S/c1-22(2)21(24)17-6-11-20-16(15-17)5-4-12-23(20)29(25,26)19-9-7-18(8-10-19)28-14-13-27-3/h6-11,15H,4-5,12-14H2,1-3H3. The molecule has 2 aromatic rings. The van der Waals surface area contributed by atoms with E-state index in [4.69, 9.17) is 9.47 Å². The highest BCUT2D eigenvalue weighted by Gasteiger charge is 2.29. The van der Waals surface area contributed by atoms with Crippen LogP contribution in [0.25, 0.3) is 0 Å². The molecule has 1 heterocycles. The van der Waals surface area contributed by atoms with Crippen molar-refractivity contribution in [2.45, 2.75) is 17.7 Å². The summed E-state index contributed by atoms with van der Waals surface area (Å²) in [5.74, 6) is 0.490. The van der Waals surface area contributed by atoms with Gasteiger partial charge in [-0.2, -0.15) is 0 Å². The van der Waals surface area contributed by atoms with E-state index in [9.17, 15) is 13.2 Å². The minimum Gasteiger partial charge on any atom is -0.491 e. The van der Waals surface area contributed by atoms with Crippen molar-refractivity contribution in [3.63, 3.8) is 0 Å². The van der Waals surface area contributed by atoms with Gasteiger partial charge in [-0.3, -0.25) is 9.10 Å². The van der Waals surface area contributed by atoms with Crippen molar-refractivity contribution in [3.05, 3.63) is 53.6 Å². The maximum absolute atomic E-state index is 13.2. The van der Waals surface area contributed by atoms with Crippen LogP contribution < -0.4 is 9.04 Å². The quantitative estimate of drug-likeness (QED) is 0.646. The summed E-state index contributed by atoms with van der Waals surface area (Å²) in [7, 11) is 1.27. The first-order chi connectivity index (χ1) is 13.8. The van der Waals surface area contributed by atoms with Crippen molar-refractivity contribution < 1.29 is 22.7 Å². The predicted molar refractivity (Wildman–Crippen MR) is 111 cm³/mol. The molecule has 0 saturated heterocycles. The Labute approximate surface area is 171 Å². The fourth-order valence-corrected chi connectivity index (χ4v) is 4.82. The first kappa shape index (κ1) is 21.1. The van der Waals surface area contributed by atoms with Gasteiger partial charge in [-0.15, -0.1) is 0 Å². The molecule has 0 N–H and O–H groups in total. The van der Waals surface area contributed by atoms with E-state index >= 15 is 0 Å². The Morgan fingerprint density at radius 1 is 1.10 bits per heavy atom. The molecule has 156 valence electrons. The molecule has 1 aliphatic heterocycles. The zero-order valence-corrected chi connectivity index (χ0v) is 17.7. The Morgan fingerprint density at radius 3 is 2.48 bits per heavy atom. The van der Waals surface area contributed by atoms with Crippen LogP contribution in [-0.4, -0.2) is 60.2 Å². The first-order valence-electron chi connectivity index (χ1n) is 9.43. The lowest BCUT2D eigenvalue weighted by molar-refractivity contribution is 0.0827. The lowest BCUT2D eigenvalue weighted by atomic mass is 10.0. The lowest BCUT2D eigenvalue weighted by Gasteiger charge is -2.31. The van der Waals surface area contributed by atoms with Gasteiger partial charge in [0.1, 0.15) is 12.4 Å². The molecule has 0 aliphatic carbocycles. The minimum absolute atomic E-state index is 0.100. The molecule has 0 aromatic heterocycles. The first-order valence-corrected chi connectivity index (χ1v) is 10.9. The molecule has 0 radical (unpaired) electrons. The summed E-state index contributed by atoms with van der Waals surface area (Å²) in [6.07, 6.45) is 1.44. The molecule has 2 aromatic carbocycles. The molecule has 0 bridgehead atoms. The molecule has 1 amide bonds. The third-order valence-corrected chi connectivity index (χ3v) is 6.60. The average Bonchev–Trinajstić information content (AvgIpc) is 2.72. The Morgan fingerprint density at radius 2 is 1.83 bits per heavy atom. The Hall–Kier alpha value is -2.58. The number of ether oxygens (including phenoxy) is 2. The van der Waals surface area contributed by atoms with Crippen LogP contribution in [0.2, 0.25) is 0 Å². The van der Waals surface area contributed by atoms with Gasteiger partial charge in [-0.25, -0.2) is 8.42 Å². The topological polar surface area (TPSA) is 76.1 Å². The van der Waals surface area contributed by atoms with Crippen LogP contribution >= 0.6 is 0 Å². The zero-order chi connectivity index (χ0) is 21.0. The van der Waals surface area contributed by atoms with Crippen molar-refractivity contribution in [2.75, 3.05) is 45.3 Å². The van der Waals surface area contributed by atoms with Gasteiger partial charge in [0.2, 0.25) is 0 Å². The van der Waals surface area contributed by atoms with Gasteiger partial charge in [-0.05, 0) is 60.9 Å². The smallest absolute Gasteiger partial charge is 0.264 e. The number of nitrogens with zero attached hydrogens (tertiary/aromatic N) is 2. The van der Waals surface area contributed by atoms with Crippen LogP contribution in [0.1, 0.15) is 22.3 Å². The fourth-order valence-electron chi connectivity index (χ4n) is 3.28. The number of rotatable bonds is 7.